The zero-order chi connectivity index (χ0) is 24.4. The molecule has 0 saturated carbocycles. The van der Waals surface area contributed by atoms with Gasteiger partial charge in [0.05, 0.1) is 33.5 Å². The van der Waals surface area contributed by atoms with Crippen molar-refractivity contribution < 1.29 is 19.1 Å². The first-order valence-electron chi connectivity index (χ1n) is 11.0. The van der Waals surface area contributed by atoms with E-state index in [2.05, 4.69) is 26.2 Å². The Morgan fingerprint density at radius 1 is 1.21 bits per heavy atom. The first kappa shape index (κ1) is 23.6. The lowest BCUT2D eigenvalue weighted by Gasteiger charge is -2.30. The number of nitrogens with zero attached hydrogens (tertiary/aromatic N) is 5. The molecule has 9 nitrogen and oxygen atoms in total. The second kappa shape index (κ2) is 9.73. The summed E-state index contributed by atoms with van der Waals surface area (Å²) in [6.45, 7) is 5.03. The maximum atomic E-state index is 12.7. The van der Waals surface area contributed by atoms with E-state index in [4.69, 9.17) is 4.74 Å². The highest BCUT2D eigenvalue weighted by Crippen LogP contribution is 2.40. The van der Waals surface area contributed by atoms with Crippen molar-refractivity contribution in [1.29, 1.82) is 5.26 Å². The minimum atomic E-state index is -0.426. The van der Waals surface area contributed by atoms with Gasteiger partial charge in [0, 0.05) is 18.8 Å². The summed E-state index contributed by atoms with van der Waals surface area (Å²) in [7, 11) is 0. The van der Waals surface area contributed by atoms with E-state index in [0.29, 0.717) is 12.3 Å². The van der Waals surface area contributed by atoms with Crippen molar-refractivity contribution >= 4 is 50.8 Å². The summed E-state index contributed by atoms with van der Waals surface area (Å²) in [5.74, 6) is -1.12. The summed E-state index contributed by atoms with van der Waals surface area (Å²) in [6, 6.07) is 9.01. The van der Waals surface area contributed by atoms with Gasteiger partial charge in [-0.3, -0.25) is 19.3 Å². The summed E-state index contributed by atoms with van der Waals surface area (Å²) in [5.41, 5.74) is 3.29. The molecule has 10 heteroatoms. The van der Waals surface area contributed by atoms with Crippen LogP contribution >= 0.6 is 15.9 Å². The molecule has 0 N–H and O–H groups in total. The van der Waals surface area contributed by atoms with Crippen molar-refractivity contribution in [2.24, 2.45) is 10.2 Å². The number of hydrogen-bond acceptors (Lipinski definition) is 8. The molecule has 174 valence electrons. The van der Waals surface area contributed by atoms with E-state index >= 15 is 0 Å². The number of anilines is 1. The van der Waals surface area contributed by atoms with E-state index in [-0.39, 0.29) is 45.9 Å². The molecule has 0 unspecified atom stereocenters. The van der Waals surface area contributed by atoms with Crippen LogP contribution in [0.4, 0.5) is 17.1 Å². The monoisotopic (exact) mass is 523 g/mol. The second-order valence-electron chi connectivity index (χ2n) is 7.82. The molecular formula is C24H22BrN5O4. The molecule has 0 bridgehead atoms. The van der Waals surface area contributed by atoms with Gasteiger partial charge < -0.3 is 9.64 Å². The van der Waals surface area contributed by atoms with Gasteiger partial charge in [0.2, 0.25) is 0 Å². The van der Waals surface area contributed by atoms with E-state index in [9.17, 15) is 19.6 Å². The Bertz CT molecular complexity index is 1270. The van der Waals surface area contributed by atoms with Crippen LogP contribution in [-0.4, -0.2) is 48.9 Å². The molecule has 2 heterocycles. The van der Waals surface area contributed by atoms with Crippen molar-refractivity contribution in [2.45, 2.75) is 26.7 Å². The third kappa shape index (κ3) is 4.19. The van der Waals surface area contributed by atoms with Gasteiger partial charge in [-0.1, -0.05) is 0 Å². The number of azo groups is 1. The largest absolute Gasteiger partial charge is 0.465 e. The predicted octanol–water partition coefficient (Wildman–Crippen LogP) is 4.67. The van der Waals surface area contributed by atoms with Gasteiger partial charge in [0.15, 0.2) is 0 Å². The Balaban J connectivity index is 1.65. The molecule has 2 aliphatic heterocycles. The number of esters is 1. The van der Waals surface area contributed by atoms with Crippen LogP contribution in [0.25, 0.3) is 0 Å². The van der Waals surface area contributed by atoms with E-state index in [1.807, 2.05) is 23.1 Å². The molecule has 2 aliphatic rings. The highest BCUT2D eigenvalue weighted by molar-refractivity contribution is 9.10. The van der Waals surface area contributed by atoms with Crippen molar-refractivity contribution in [3.63, 3.8) is 0 Å². The van der Waals surface area contributed by atoms with Crippen molar-refractivity contribution in [1.82, 2.24) is 4.90 Å². The number of hydrogen-bond donors (Lipinski definition) is 0. The van der Waals surface area contributed by atoms with E-state index < -0.39 is 11.8 Å². The van der Waals surface area contributed by atoms with Gasteiger partial charge in [-0.25, -0.2) is 0 Å². The standard InChI is InChI=1S/C24H22BrN5O4/c1-3-30-23(32)17-11-15(12-26)22(21(25)20(17)24(30)33)28-27-16-7-8-18-14(10-16)6-5-9-29(18)13-19(31)34-4-2/h7-8,10-11H,3-6,9,13H2,1-2H3. The highest BCUT2D eigenvalue weighted by Gasteiger charge is 2.38. The molecule has 0 saturated heterocycles. The number of halogens is 1. The van der Waals surface area contributed by atoms with Crippen LogP contribution in [0.15, 0.2) is 39.0 Å². The molecule has 0 fully saturated rings. The topological polar surface area (TPSA) is 115 Å². The normalized spacial score (nSPS) is 14.9. The highest BCUT2D eigenvalue weighted by atomic mass is 79.9. The minimum Gasteiger partial charge on any atom is -0.465 e. The first-order valence-corrected chi connectivity index (χ1v) is 11.8. The van der Waals surface area contributed by atoms with Crippen LogP contribution in [0.1, 0.15) is 52.1 Å². The van der Waals surface area contributed by atoms with E-state index in [1.165, 1.54) is 6.07 Å². The summed E-state index contributed by atoms with van der Waals surface area (Å²) in [6.07, 6.45) is 1.74. The number of fused-ring (bicyclic) bond motifs is 2. The fourth-order valence-corrected chi connectivity index (χ4v) is 4.89. The number of amides is 2. The molecule has 0 aliphatic carbocycles. The van der Waals surface area contributed by atoms with Gasteiger partial charge in [0.25, 0.3) is 11.8 Å². The van der Waals surface area contributed by atoms with Crippen LogP contribution < -0.4 is 4.90 Å². The Morgan fingerprint density at radius 3 is 2.71 bits per heavy atom. The Labute approximate surface area is 205 Å². The molecule has 2 amide bonds. The van der Waals surface area contributed by atoms with Gasteiger partial charge in [-0.2, -0.15) is 10.4 Å². The molecule has 34 heavy (non-hydrogen) atoms. The lowest BCUT2D eigenvalue weighted by atomic mass is 10.0. The minimum absolute atomic E-state index is 0.145. The summed E-state index contributed by atoms with van der Waals surface area (Å²) in [5, 5.41) is 18.2. The van der Waals surface area contributed by atoms with Gasteiger partial charge in [0.1, 0.15) is 18.3 Å². The van der Waals surface area contributed by atoms with E-state index in [1.54, 1.807) is 19.9 Å². The zero-order valence-corrected chi connectivity index (χ0v) is 20.4. The molecule has 2 aromatic carbocycles. The number of carbonyl (C=O) groups is 3. The number of ether oxygens (including phenoxy) is 1. The molecule has 0 aromatic heterocycles. The van der Waals surface area contributed by atoms with Crippen LogP contribution in [-0.2, 0) is 16.0 Å². The molecule has 4 rings (SSSR count). The third-order valence-corrected chi connectivity index (χ3v) is 6.55. The maximum absolute atomic E-state index is 12.7. The molecule has 0 radical (unpaired) electrons. The lowest BCUT2D eigenvalue weighted by molar-refractivity contribution is -0.141. The van der Waals surface area contributed by atoms with Crippen LogP contribution in [0.2, 0.25) is 0 Å². The van der Waals surface area contributed by atoms with Gasteiger partial charge in [-0.15, -0.1) is 5.11 Å². The fourth-order valence-electron chi connectivity index (χ4n) is 4.22. The smallest absolute Gasteiger partial charge is 0.325 e. The quantitative estimate of drug-likeness (QED) is 0.308. The first-order chi connectivity index (χ1) is 16.4. The Kier molecular flexibility index (Phi) is 6.75. The zero-order valence-electron chi connectivity index (χ0n) is 18.8. The fraction of sp³-hybridized carbons (Fsp3) is 0.333. The number of aryl methyl sites for hydroxylation is 1. The number of carbonyl (C=O) groups excluding carboxylic acids is 3. The predicted molar refractivity (Wildman–Crippen MR) is 128 cm³/mol. The number of benzene rings is 2. The number of imide groups is 1. The molecule has 0 atom stereocenters. The summed E-state index contributed by atoms with van der Waals surface area (Å²) < 4.78 is 5.35. The van der Waals surface area contributed by atoms with Crippen LogP contribution in [0.5, 0.6) is 0 Å². The van der Waals surface area contributed by atoms with Crippen molar-refractivity contribution in [3.05, 3.63) is 51.0 Å². The molecular weight excluding hydrogens is 502 g/mol. The third-order valence-electron chi connectivity index (χ3n) is 5.78. The lowest BCUT2D eigenvalue weighted by Crippen LogP contribution is -2.35. The average Bonchev–Trinajstić information content (AvgIpc) is 3.07. The molecule has 0 spiro atoms. The summed E-state index contributed by atoms with van der Waals surface area (Å²) >= 11 is 3.37. The van der Waals surface area contributed by atoms with E-state index in [0.717, 1.165) is 35.5 Å². The second-order valence-corrected chi connectivity index (χ2v) is 8.61. The van der Waals surface area contributed by atoms with Crippen LogP contribution in [0, 0.1) is 11.3 Å². The Hall–Kier alpha value is -3.58. The van der Waals surface area contributed by atoms with Crippen molar-refractivity contribution in [2.75, 3.05) is 31.1 Å². The van der Waals surface area contributed by atoms with Gasteiger partial charge in [-0.05, 0) is 72.4 Å². The maximum Gasteiger partial charge on any atom is 0.325 e. The number of nitriles is 1. The summed E-state index contributed by atoms with van der Waals surface area (Å²) in [4.78, 5) is 40.2. The van der Waals surface area contributed by atoms with Crippen molar-refractivity contribution in [3.8, 4) is 6.07 Å². The van der Waals surface area contributed by atoms with Gasteiger partial charge >= 0.3 is 5.97 Å². The Morgan fingerprint density at radius 2 is 2.00 bits per heavy atom. The SMILES string of the molecule is CCOC(=O)CN1CCCc2cc(N=Nc3c(C#N)cc4c(c3Br)C(=O)N(CC)C4=O)ccc21. The average molecular weight is 524 g/mol. The molecule has 2 aromatic rings. The number of rotatable bonds is 6. The van der Waals surface area contributed by atoms with Crippen LogP contribution in [0.3, 0.4) is 0 Å².